The summed E-state index contributed by atoms with van der Waals surface area (Å²) >= 11 is 6.73. The predicted molar refractivity (Wildman–Crippen MR) is 129 cm³/mol. The van der Waals surface area contributed by atoms with Crippen LogP contribution in [0.3, 0.4) is 0 Å². The second kappa shape index (κ2) is 9.38. The second-order valence-electron chi connectivity index (χ2n) is 7.98. The first-order valence-electron chi connectivity index (χ1n) is 10.7. The van der Waals surface area contributed by atoms with Gasteiger partial charge < -0.3 is 14.2 Å². The molecular formula is C25H19Br2NO6. The van der Waals surface area contributed by atoms with Gasteiger partial charge in [-0.05, 0) is 74.2 Å². The molecule has 9 heteroatoms. The van der Waals surface area contributed by atoms with Crippen LogP contribution in [0.25, 0.3) is 0 Å². The topological polar surface area (TPSA) is 82.1 Å². The van der Waals surface area contributed by atoms with Crippen LogP contribution in [0, 0.1) is 0 Å². The van der Waals surface area contributed by atoms with Crippen molar-refractivity contribution in [3.63, 3.8) is 0 Å². The fourth-order valence-electron chi connectivity index (χ4n) is 4.53. The molecule has 0 spiro atoms. The smallest absolute Gasteiger partial charge is 0.410 e. The van der Waals surface area contributed by atoms with E-state index in [2.05, 4.69) is 31.9 Å². The molecule has 1 saturated heterocycles. The molecule has 7 nitrogen and oxygen atoms in total. The Balaban J connectivity index is 1.41. The highest BCUT2D eigenvalue weighted by molar-refractivity contribution is 9.10. The molecule has 1 aliphatic carbocycles. The molecule has 3 aliphatic rings. The largest absolute Gasteiger partial charge is 0.458 e. The van der Waals surface area contributed by atoms with Gasteiger partial charge in [-0.25, -0.2) is 14.4 Å². The van der Waals surface area contributed by atoms with Crippen LogP contribution in [0.15, 0.2) is 80.8 Å². The maximum atomic E-state index is 13.0. The van der Waals surface area contributed by atoms with E-state index in [-0.39, 0.29) is 12.6 Å². The van der Waals surface area contributed by atoms with E-state index in [9.17, 15) is 14.4 Å². The van der Waals surface area contributed by atoms with Gasteiger partial charge in [0.1, 0.15) is 12.6 Å². The number of halogens is 2. The Morgan fingerprint density at radius 1 is 1.03 bits per heavy atom. The van der Waals surface area contributed by atoms with Gasteiger partial charge in [-0.1, -0.05) is 30.3 Å². The fourth-order valence-corrected chi connectivity index (χ4v) is 5.43. The normalized spacial score (nSPS) is 23.9. The first-order valence-corrected chi connectivity index (χ1v) is 12.3. The Bertz CT molecular complexity index is 1240. The summed E-state index contributed by atoms with van der Waals surface area (Å²) in [6.45, 7) is 0.516. The summed E-state index contributed by atoms with van der Waals surface area (Å²) in [5.74, 6) is -1.02. The van der Waals surface area contributed by atoms with Crippen molar-refractivity contribution in [1.82, 2.24) is 4.90 Å². The quantitative estimate of drug-likeness (QED) is 0.359. The van der Waals surface area contributed by atoms with Crippen molar-refractivity contribution in [1.29, 1.82) is 0 Å². The molecule has 0 aromatic heterocycles. The number of hydrogen-bond donors (Lipinski definition) is 0. The maximum absolute atomic E-state index is 13.0. The number of carbonyl (C=O) groups is 3. The summed E-state index contributed by atoms with van der Waals surface area (Å²) in [5, 5.41) is 0. The number of amides is 1. The molecule has 0 radical (unpaired) electrons. The van der Waals surface area contributed by atoms with Crippen molar-refractivity contribution in [3.05, 3.63) is 91.9 Å². The third-order valence-corrected chi connectivity index (χ3v) is 7.43. The van der Waals surface area contributed by atoms with Gasteiger partial charge in [0.05, 0.1) is 11.1 Å². The van der Waals surface area contributed by atoms with Crippen LogP contribution >= 0.6 is 31.9 Å². The molecule has 2 fully saturated rings. The molecule has 34 heavy (non-hydrogen) atoms. The van der Waals surface area contributed by atoms with E-state index in [1.807, 2.05) is 12.1 Å². The highest BCUT2D eigenvalue weighted by atomic mass is 79.9. The van der Waals surface area contributed by atoms with Crippen molar-refractivity contribution < 1.29 is 28.6 Å². The minimum Gasteiger partial charge on any atom is -0.458 e. The van der Waals surface area contributed by atoms with Gasteiger partial charge >= 0.3 is 18.0 Å². The van der Waals surface area contributed by atoms with Gasteiger partial charge in [0.15, 0.2) is 12.2 Å². The average Bonchev–Trinajstić information content (AvgIpc) is 3.31. The predicted octanol–water partition coefficient (Wildman–Crippen LogP) is 5.05. The summed E-state index contributed by atoms with van der Waals surface area (Å²) in [4.78, 5) is 39.5. The summed E-state index contributed by atoms with van der Waals surface area (Å²) in [6, 6.07) is 13.6. The van der Waals surface area contributed by atoms with Crippen LogP contribution in [0.5, 0.6) is 0 Å². The number of ether oxygens (including phenoxy) is 3. The zero-order valence-electron chi connectivity index (χ0n) is 17.8. The van der Waals surface area contributed by atoms with Gasteiger partial charge in [0.2, 0.25) is 0 Å². The standard InChI is InChI=1S/C25H19Br2NO6/c26-18-9-3-1-6-16(18)23(29)32-13-11-15-14-8-5-12-28-20(14)22(34-25(28)31)21(15)33-24(30)17-7-2-4-10-19(17)27/h1-4,6-11,20-22H,5,12-13H2/b15-11-/t20-,21-,22-/m0/s1. The van der Waals surface area contributed by atoms with Gasteiger partial charge in [0.25, 0.3) is 0 Å². The minimum atomic E-state index is -0.815. The lowest BCUT2D eigenvalue weighted by atomic mass is 10.0. The lowest BCUT2D eigenvalue weighted by Gasteiger charge is -2.25. The molecule has 2 aliphatic heterocycles. The molecule has 1 saturated carbocycles. The van der Waals surface area contributed by atoms with Crippen LogP contribution in [0.1, 0.15) is 27.1 Å². The third-order valence-electron chi connectivity index (χ3n) is 6.05. The van der Waals surface area contributed by atoms with E-state index in [0.29, 0.717) is 38.6 Å². The van der Waals surface area contributed by atoms with Gasteiger partial charge in [-0.3, -0.25) is 4.90 Å². The zero-order chi connectivity index (χ0) is 23.8. The number of nitrogens with zero attached hydrogens (tertiary/aromatic N) is 1. The third kappa shape index (κ3) is 4.07. The van der Waals surface area contributed by atoms with Crippen molar-refractivity contribution in [2.45, 2.75) is 24.7 Å². The summed E-state index contributed by atoms with van der Waals surface area (Å²) < 4.78 is 18.2. The molecular weight excluding hydrogens is 570 g/mol. The van der Waals surface area contributed by atoms with Crippen LogP contribution in [0.2, 0.25) is 0 Å². The van der Waals surface area contributed by atoms with Gasteiger partial charge in [-0.2, -0.15) is 0 Å². The maximum Gasteiger partial charge on any atom is 0.410 e. The number of hydrogen-bond acceptors (Lipinski definition) is 6. The lowest BCUT2D eigenvalue weighted by molar-refractivity contribution is 0.00656. The Labute approximate surface area is 212 Å². The molecule has 2 aromatic carbocycles. The second-order valence-corrected chi connectivity index (χ2v) is 9.69. The van der Waals surface area contributed by atoms with Crippen molar-refractivity contribution in [3.8, 4) is 0 Å². The zero-order valence-corrected chi connectivity index (χ0v) is 21.0. The molecule has 0 unspecified atom stereocenters. The monoisotopic (exact) mass is 587 g/mol. The van der Waals surface area contributed by atoms with Crippen LogP contribution in [-0.4, -0.2) is 54.3 Å². The van der Waals surface area contributed by atoms with Crippen LogP contribution in [0.4, 0.5) is 4.79 Å². The van der Waals surface area contributed by atoms with Gasteiger partial charge in [0, 0.05) is 21.1 Å². The fraction of sp³-hybridized carbons (Fsp3) is 0.240. The molecule has 5 rings (SSSR count). The van der Waals surface area contributed by atoms with E-state index in [4.69, 9.17) is 14.2 Å². The van der Waals surface area contributed by atoms with E-state index in [1.54, 1.807) is 53.4 Å². The first-order chi connectivity index (χ1) is 16.5. The molecule has 1 amide bonds. The lowest BCUT2D eigenvalue weighted by Crippen LogP contribution is -2.39. The van der Waals surface area contributed by atoms with E-state index in [1.165, 1.54) is 0 Å². The number of esters is 2. The average molecular weight is 589 g/mol. The molecule has 0 N–H and O–H groups in total. The first kappa shape index (κ1) is 22.9. The van der Waals surface area contributed by atoms with Crippen LogP contribution < -0.4 is 0 Å². The molecule has 0 bridgehead atoms. The van der Waals surface area contributed by atoms with Crippen molar-refractivity contribution in [2.24, 2.45) is 0 Å². The minimum absolute atomic E-state index is 0.0245. The highest BCUT2D eigenvalue weighted by Gasteiger charge is 2.57. The van der Waals surface area contributed by atoms with Crippen molar-refractivity contribution >= 4 is 49.9 Å². The molecule has 2 heterocycles. The summed E-state index contributed by atoms with van der Waals surface area (Å²) in [5.41, 5.74) is 2.34. The SMILES string of the molecule is O=C(OC/C=C1/C2=CCCN3C(=O)O[C@H]([C@H]1OC(=O)c1ccccc1Br)[C@H]23)c1ccccc1Br. The number of rotatable bonds is 5. The Morgan fingerprint density at radius 2 is 1.68 bits per heavy atom. The highest BCUT2D eigenvalue weighted by Crippen LogP contribution is 2.45. The molecule has 2 aromatic rings. The number of benzene rings is 2. The Kier molecular flexibility index (Phi) is 6.31. The van der Waals surface area contributed by atoms with E-state index in [0.717, 1.165) is 5.57 Å². The Morgan fingerprint density at radius 3 is 2.35 bits per heavy atom. The molecule has 174 valence electrons. The van der Waals surface area contributed by atoms with Gasteiger partial charge in [-0.15, -0.1) is 0 Å². The van der Waals surface area contributed by atoms with Crippen molar-refractivity contribution in [2.75, 3.05) is 13.2 Å². The molecule has 3 atom stereocenters. The number of carbonyl (C=O) groups excluding carboxylic acids is 3. The van der Waals surface area contributed by atoms with E-state index < -0.39 is 30.2 Å². The summed E-state index contributed by atoms with van der Waals surface area (Å²) in [7, 11) is 0. The Hall–Kier alpha value is -2.91. The van der Waals surface area contributed by atoms with Crippen LogP contribution in [-0.2, 0) is 14.2 Å². The summed E-state index contributed by atoms with van der Waals surface area (Å²) in [6.07, 6.45) is 2.53. The van der Waals surface area contributed by atoms with E-state index >= 15 is 0 Å².